The number of carbonyl (C=O) groups is 2. The first-order chi connectivity index (χ1) is 19.6. The van der Waals surface area contributed by atoms with Crippen molar-refractivity contribution < 1.29 is 18.0 Å². The van der Waals surface area contributed by atoms with E-state index in [1.807, 2.05) is 0 Å². The topological polar surface area (TPSA) is 86.8 Å². The van der Waals surface area contributed by atoms with Gasteiger partial charge in [0.25, 0.3) is 10.0 Å². The van der Waals surface area contributed by atoms with E-state index in [1.54, 1.807) is 55.5 Å². The minimum atomic E-state index is -4.24. The van der Waals surface area contributed by atoms with Gasteiger partial charge in [-0.15, -0.1) is 0 Å². The van der Waals surface area contributed by atoms with E-state index in [0.717, 1.165) is 42.0 Å². The summed E-state index contributed by atoms with van der Waals surface area (Å²) >= 11 is 18.8. The first-order valence-electron chi connectivity index (χ1n) is 13.4. The molecular formula is C30H32Cl3N3O4S. The zero-order valence-electron chi connectivity index (χ0n) is 22.6. The number of sulfonamides is 1. The van der Waals surface area contributed by atoms with Crippen LogP contribution in [0, 0.1) is 0 Å². The van der Waals surface area contributed by atoms with Crippen LogP contribution in [0.3, 0.4) is 0 Å². The highest BCUT2D eigenvalue weighted by Gasteiger charge is 2.34. The number of benzene rings is 3. The third kappa shape index (κ3) is 7.74. The maximum absolute atomic E-state index is 14.0. The van der Waals surface area contributed by atoms with Crippen molar-refractivity contribution in [2.24, 2.45) is 0 Å². The van der Waals surface area contributed by atoms with Crippen LogP contribution >= 0.6 is 34.8 Å². The van der Waals surface area contributed by atoms with Gasteiger partial charge in [0.2, 0.25) is 11.8 Å². The molecule has 0 aromatic heterocycles. The van der Waals surface area contributed by atoms with Gasteiger partial charge in [0, 0.05) is 17.6 Å². The number of hydrogen-bond donors (Lipinski definition) is 1. The fourth-order valence-corrected chi connectivity index (χ4v) is 6.88. The molecule has 0 spiro atoms. The van der Waals surface area contributed by atoms with Gasteiger partial charge in [-0.1, -0.05) is 90.5 Å². The predicted octanol–water partition coefficient (Wildman–Crippen LogP) is 6.71. The van der Waals surface area contributed by atoms with Crippen LogP contribution in [0.25, 0.3) is 0 Å². The molecule has 41 heavy (non-hydrogen) atoms. The Morgan fingerprint density at radius 2 is 1.56 bits per heavy atom. The molecular weight excluding hydrogens is 605 g/mol. The second kappa shape index (κ2) is 13.9. The van der Waals surface area contributed by atoms with Crippen molar-refractivity contribution in [1.82, 2.24) is 10.2 Å². The van der Waals surface area contributed by atoms with Crippen LogP contribution in [0.1, 0.15) is 44.6 Å². The molecule has 218 valence electrons. The molecule has 0 aliphatic heterocycles. The van der Waals surface area contributed by atoms with Gasteiger partial charge < -0.3 is 10.2 Å². The number of nitrogens with one attached hydrogen (secondary N) is 1. The van der Waals surface area contributed by atoms with E-state index in [-0.39, 0.29) is 39.1 Å². The summed E-state index contributed by atoms with van der Waals surface area (Å²) in [6, 6.07) is 18.5. The number of nitrogens with zero attached hydrogens (tertiary/aromatic N) is 2. The van der Waals surface area contributed by atoms with Crippen molar-refractivity contribution in [3.8, 4) is 0 Å². The van der Waals surface area contributed by atoms with Crippen molar-refractivity contribution in [2.75, 3.05) is 10.8 Å². The van der Waals surface area contributed by atoms with Crippen LogP contribution in [-0.4, -0.2) is 43.8 Å². The first-order valence-corrected chi connectivity index (χ1v) is 16.0. The molecule has 4 rings (SSSR count). The quantitative estimate of drug-likeness (QED) is 0.268. The lowest BCUT2D eigenvalue weighted by atomic mass is 9.95. The summed E-state index contributed by atoms with van der Waals surface area (Å²) in [4.78, 5) is 28.8. The number of hydrogen-bond acceptors (Lipinski definition) is 4. The lowest BCUT2D eigenvalue weighted by Gasteiger charge is -2.33. The van der Waals surface area contributed by atoms with Gasteiger partial charge in [-0.3, -0.25) is 13.9 Å². The van der Waals surface area contributed by atoms with Crippen molar-refractivity contribution in [3.63, 3.8) is 0 Å². The van der Waals surface area contributed by atoms with E-state index in [2.05, 4.69) is 5.32 Å². The largest absolute Gasteiger partial charge is 0.352 e. The molecule has 2 amide bonds. The standard InChI is InChI=1S/C30H32Cl3N3O4S/c1-21(30(38)34-24-9-4-2-5-10-24)35(19-22-15-17-23(31)18-16-22)28(37)20-36(27-14-8-13-26(32)29(27)33)41(39,40)25-11-6-3-7-12-25/h3,6-8,11-18,21,24H,2,4-5,9-10,19-20H2,1H3,(H,34,38). The Morgan fingerprint density at radius 1 is 0.902 bits per heavy atom. The molecule has 1 unspecified atom stereocenters. The maximum Gasteiger partial charge on any atom is 0.264 e. The lowest BCUT2D eigenvalue weighted by molar-refractivity contribution is -0.139. The third-order valence-corrected chi connectivity index (χ3v) is 10.0. The lowest BCUT2D eigenvalue weighted by Crippen LogP contribution is -2.53. The average Bonchev–Trinajstić information content (AvgIpc) is 2.97. The van der Waals surface area contributed by atoms with E-state index in [1.165, 1.54) is 29.2 Å². The Morgan fingerprint density at radius 3 is 2.22 bits per heavy atom. The van der Waals surface area contributed by atoms with Crippen molar-refractivity contribution >= 4 is 62.3 Å². The van der Waals surface area contributed by atoms with Crippen LogP contribution in [0.5, 0.6) is 0 Å². The highest BCUT2D eigenvalue weighted by atomic mass is 35.5. The van der Waals surface area contributed by atoms with Gasteiger partial charge in [0.1, 0.15) is 12.6 Å². The van der Waals surface area contributed by atoms with Crippen LogP contribution in [0.4, 0.5) is 5.69 Å². The molecule has 1 aliphatic carbocycles. The molecule has 0 saturated heterocycles. The summed E-state index contributed by atoms with van der Waals surface area (Å²) in [6.07, 6.45) is 5.00. The summed E-state index contributed by atoms with van der Waals surface area (Å²) < 4.78 is 28.7. The number of rotatable bonds is 10. The molecule has 1 fully saturated rings. The molecule has 0 radical (unpaired) electrons. The van der Waals surface area contributed by atoms with Gasteiger partial charge in [-0.25, -0.2) is 8.42 Å². The van der Waals surface area contributed by atoms with E-state index >= 15 is 0 Å². The van der Waals surface area contributed by atoms with E-state index in [0.29, 0.717) is 5.02 Å². The zero-order chi connectivity index (χ0) is 29.6. The minimum absolute atomic E-state index is 0.00573. The normalized spacial score (nSPS) is 14.7. The maximum atomic E-state index is 14.0. The summed E-state index contributed by atoms with van der Waals surface area (Å²) in [6.45, 7) is 1.11. The Hall–Kier alpha value is -2.78. The fraction of sp³-hybridized carbons (Fsp3) is 0.333. The van der Waals surface area contributed by atoms with Gasteiger partial charge in [0.05, 0.1) is 20.6 Å². The SMILES string of the molecule is CC(C(=O)NC1CCCCC1)N(Cc1ccc(Cl)cc1)C(=O)CN(c1cccc(Cl)c1Cl)S(=O)(=O)c1ccccc1. The minimum Gasteiger partial charge on any atom is -0.352 e. The Bertz CT molecular complexity index is 1460. The number of halogens is 3. The van der Waals surface area contributed by atoms with Gasteiger partial charge in [-0.05, 0) is 61.7 Å². The van der Waals surface area contributed by atoms with E-state index in [9.17, 15) is 18.0 Å². The van der Waals surface area contributed by atoms with Crippen molar-refractivity contribution in [3.05, 3.63) is 93.4 Å². The van der Waals surface area contributed by atoms with Crippen LogP contribution < -0.4 is 9.62 Å². The van der Waals surface area contributed by atoms with Gasteiger partial charge >= 0.3 is 0 Å². The summed E-state index contributed by atoms with van der Waals surface area (Å²) in [5, 5.41) is 3.75. The third-order valence-electron chi connectivity index (χ3n) is 7.20. The molecule has 3 aromatic rings. The van der Waals surface area contributed by atoms with Crippen molar-refractivity contribution in [1.29, 1.82) is 0 Å². The Labute approximate surface area is 256 Å². The molecule has 1 N–H and O–H groups in total. The monoisotopic (exact) mass is 635 g/mol. The highest BCUT2D eigenvalue weighted by molar-refractivity contribution is 7.92. The summed E-state index contributed by atoms with van der Waals surface area (Å²) in [5.41, 5.74) is 0.792. The summed E-state index contributed by atoms with van der Waals surface area (Å²) in [7, 11) is -4.24. The molecule has 1 saturated carbocycles. The van der Waals surface area contributed by atoms with Crippen LogP contribution in [0.15, 0.2) is 77.7 Å². The second-order valence-electron chi connectivity index (χ2n) is 10.1. The first kappa shape index (κ1) is 31.2. The summed E-state index contributed by atoms with van der Waals surface area (Å²) in [5.74, 6) is -0.876. The number of anilines is 1. The molecule has 1 atom stereocenters. The smallest absolute Gasteiger partial charge is 0.264 e. The fourth-order valence-electron chi connectivity index (χ4n) is 4.86. The Balaban J connectivity index is 1.69. The predicted molar refractivity (Wildman–Crippen MR) is 164 cm³/mol. The van der Waals surface area contributed by atoms with Gasteiger partial charge in [0.15, 0.2) is 0 Å². The Kier molecular flexibility index (Phi) is 10.6. The van der Waals surface area contributed by atoms with Crippen LogP contribution in [-0.2, 0) is 26.2 Å². The van der Waals surface area contributed by atoms with Gasteiger partial charge in [-0.2, -0.15) is 0 Å². The number of amides is 2. The molecule has 3 aromatic carbocycles. The second-order valence-corrected chi connectivity index (χ2v) is 13.1. The molecule has 11 heteroatoms. The highest BCUT2D eigenvalue weighted by Crippen LogP contribution is 2.35. The van der Waals surface area contributed by atoms with E-state index in [4.69, 9.17) is 34.8 Å². The number of carbonyl (C=O) groups excluding carboxylic acids is 2. The average molecular weight is 637 g/mol. The van der Waals surface area contributed by atoms with E-state index < -0.39 is 28.5 Å². The molecule has 7 nitrogen and oxygen atoms in total. The van der Waals surface area contributed by atoms with Crippen molar-refractivity contribution in [2.45, 2.75) is 62.6 Å². The zero-order valence-corrected chi connectivity index (χ0v) is 25.7. The molecule has 1 aliphatic rings. The molecule has 0 heterocycles. The van der Waals surface area contributed by atoms with Crippen LogP contribution in [0.2, 0.25) is 15.1 Å². The molecule has 0 bridgehead atoms.